The Morgan fingerprint density at radius 1 is 0.971 bits per heavy atom. The average Bonchev–Trinajstić information content (AvgIpc) is 3.22. The van der Waals surface area contributed by atoms with Gasteiger partial charge in [-0.3, -0.25) is 4.79 Å². The van der Waals surface area contributed by atoms with Crippen molar-refractivity contribution in [2.75, 3.05) is 6.61 Å². The number of carbonyl (C=O) groups is 1. The Morgan fingerprint density at radius 3 is 2.47 bits per heavy atom. The number of hydrogen-bond donors (Lipinski definition) is 0. The lowest BCUT2D eigenvalue weighted by molar-refractivity contribution is -0.270. The van der Waals surface area contributed by atoms with E-state index in [4.69, 9.17) is 25.8 Å². The number of fused-ring (bicyclic) bond motifs is 7. The molecule has 4 saturated carbocycles. The third-order valence-electron chi connectivity index (χ3n) is 12.2. The summed E-state index contributed by atoms with van der Waals surface area (Å²) in [5.74, 6) is 3.79. The zero-order valence-corrected chi connectivity index (χ0v) is 22.6. The van der Waals surface area contributed by atoms with Crippen molar-refractivity contribution < 1.29 is 19.0 Å². The Hall–Kier alpha value is -0.320. The van der Waals surface area contributed by atoms with Crippen molar-refractivity contribution in [1.82, 2.24) is 0 Å². The Kier molecular flexibility index (Phi) is 5.72. The number of hydrogen-bond acceptors (Lipinski definition) is 4. The molecule has 2 saturated heterocycles. The summed E-state index contributed by atoms with van der Waals surface area (Å²) in [6.45, 7) is 12.1. The van der Waals surface area contributed by atoms with Crippen molar-refractivity contribution in [3.8, 4) is 0 Å². The monoisotopic (exact) mass is 492 g/mol. The van der Waals surface area contributed by atoms with Gasteiger partial charge in [-0.05, 0) is 104 Å². The summed E-state index contributed by atoms with van der Waals surface area (Å²) in [5, 5.41) is -0.0444. The number of ether oxygens (including phenoxy) is 3. The maximum atomic E-state index is 11.6. The smallest absolute Gasteiger partial charge is 0.302 e. The van der Waals surface area contributed by atoms with Gasteiger partial charge in [0.25, 0.3) is 0 Å². The molecule has 4 aliphatic carbocycles. The van der Waals surface area contributed by atoms with E-state index in [1.807, 2.05) is 0 Å². The first kappa shape index (κ1) is 24.0. The highest BCUT2D eigenvalue weighted by molar-refractivity contribution is 6.21. The molecule has 0 amide bonds. The zero-order valence-electron chi connectivity index (χ0n) is 21.9. The van der Waals surface area contributed by atoms with Crippen molar-refractivity contribution in [3.63, 3.8) is 0 Å². The highest BCUT2D eigenvalue weighted by Gasteiger charge is 2.70. The van der Waals surface area contributed by atoms with Gasteiger partial charge in [0.15, 0.2) is 5.79 Å². The predicted molar refractivity (Wildman–Crippen MR) is 132 cm³/mol. The molecule has 13 atom stereocenters. The molecule has 6 rings (SSSR count). The third kappa shape index (κ3) is 3.26. The fraction of sp³-hybridized carbons (Fsp3) is 0.966. The largest absolute Gasteiger partial charge is 0.463 e. The molecule has 1 spiro atoms. The topological polar surface area (TPSA) is 44.8 Å². The second-order valence-corrected chi connectivity index (χ2v) is 14.3. The van der Waals surface area contributed by atoms with Crippen molar-refractivity contribution in [1.29, 1.82) is 0 Å². The molecule has 4 nitrogen and oxygen atoms in total. The van der Waals surface area contributed by atoms with E-state index in [0.29, 0.717) is 40.6 Å². The first-order valence-electron chi connectivity index (χ1n) is 14.2. The molecule has 0 aromatic heterocycles. The molecule has 0 radical (unpaired) electrons. The molecule has 6 fully saturated rings. The number of rotatable bonds is 1. The van der Waals surface area contributed by atoms with Crippen LogP contribution in [0.5, 0.6) is 0 Å². The van der Waals surface area contributed by atoms with Crippen LogP contribution >= 0.6 is 11.6 Å². The number of alkyl halides is 1. The lowest BCUT2D eigenvalue weighted by Crippen LogP contribution is -2.56. The van der Waals surface area contributed by atoms with E-state index in [1.54, 1.807) is 6.92 Å². The minimum atomic E-state index is -0.576. The van der Waals surface area contributed by atoms with Crippen molar-refractivity contribution in [2.24, 2.45) is 52.3 Å². The summed E-state index contributed by atoms with van der Waals surface area (Å²) in [5.41, 5.74) is 0.728. The highest BCUT2D eigenvalue weighted by atomic mass is 35.5. The van der Waals surface area contributed by atoms with Gasteiger partial charge in [0.2, 0.25) is 0 Å². The van der Waals surface area contributed by atoms with Gasteiger partial charge in [0, 0.05) is 12.8 Å². The van der Waals surface area contributed by atoms with Crippen LogP contribution < -0.4 is 0 Å². The molecule has 0 aromatic carbocycles. The molecular formula is C29H45ClO4. The summed E-state index contributed by atoms with van der Waals surface area (Å²) in [6, 6.07) is 0. The molecule has 34 heavy (non-hydrogen) atoms. The number of esters is 1. The van der Waals surface area contributed by atoms with Crippen LogP contribution in [-0.2, 0) is 19.0 Å². The molecule has 6 aliphatic rings. The Balaban J connectivity index is 1.22. The van der Waals surface area contributed by atoms with Crippen LogP contribution in [0, 0.1) is 52.3 Å². The van der Waals surface area contributed by atoms with Crippen LogP contribution in [0.2, 0.25) is 0 Å². The second kappa shape index (κ2) is 8.09. The van der Waals surface area contributed by atoms with Crippen molar-refractivity contribution in [2.45, 2.75) is 116 Å². The number of halogens is 1. The van der Waals surface area contributed by atoms with Gasteiger partial charge in [0.05, 0.1) is 18.1 Å². The van der Waals surface area contributed by atoms with E-state index in [9.17, 15) is 4.79 Å². The van der Waals surface area contributed by atoms with E-state index in [1.165, 1.54) is 38.5 Å². The SMILES string of the molecule is CC(=O)OC1CC[C@]2(C)C3CC[C@@]4(C)C(C[C@@H]5O[C@@]6(OC[C@H](C)C[C@H]6Cl)[C@@H](C)[C@@H]54)C3CC[C@H]2C1. The third-order valence-corrected chi connectivity index (χ3v) is 12.7. The summed E-state index contributed by atoms with van der Waals surface area (Å²) >= 11 is 6.97. The molecule has 192 valence electrons. The Morgan fingerprint density at radius 2 is 1.74 bits per heavy atom. The van der Waals surface area contributed by atoms with Crippen LogP contribution in [-0.4, -0.2) is 35.9 Å². The zero-order chi connectivity index (χ0) is 24.0. The van der Waals surface area contributed by atoms with Gasteiger partial charge in [-0.15, -0.1) is 11.6 Å². The van der Waals surface area contributed by atoms with Crippen LogP contribution in [0.25, 0.3) is 0 Å². The van der Waals surface area contributed by atoms with Gasteiger partial charge in [-0.25, -0.2) is 0 Å². The van der Waals surface area contributed by atoms with Crippen LogP contribution in [0.1, 0.15) is 92.4 Å². The van der Waals surface area contributed by atoms with E-state index in [0.717, 1.165) is 43.6 Å². The lowest BCUT2D eigenvalue weighted by Gasteiger charge is -2.61. The lowest BCUT2D eigenvalue weighted by atomic mass is 9.44. The fourth-order valence-electron chi connectivity index (χ4n) is 10.7. The fourth-order valence-corrected chi connectivity index (χ4v) is 11.3. The Bertz CT molecular complexity index is 833. The molecule has 0 N–H and O–H groups in total. The number of carbonyl (C=O) groups excluding carboxylic acids is 1. The van der Waals surface area contributed by atoms with Crippen LogP contribution in [0.15, 0.2) is 0 Å². The van der Waals surface area contributed by atoms with E-state index in [2.05, 4.69) is 27.7 Å². The van der Waals surface area contributed by atoms with Gasteiger partial charge in [0.1, 0.15) is 6.10 Å². The quantitative estimate of drug-likeness (QED) is 0.306. The van der Waals surface area contributed by atoms with E-state index < -0.39 is 5.79 Å². The summed E-state index contributed by atoms with van der Waals surface area (Å²) in [6.07, 6.45) is 11.2. The molecule has 0 aromatic rings. The minimum Gasteiger partial charge on any atom is -0.463 e. The first-order chi connectivity index (χ1) is 16.1. The Labute approximate surface area is 211 Å². The minimum absolute atomic E-state index is 0.0444. The van der Waals surface area contributed by atoms with Gasteiger partial charge < -0.3 is 14.2 Å². The van der Waals surface area contributed by atoms with Gasteiger partial charge in [-0.2, -0.15) is 0 Å². The van der Waals surface area contributed by atoms with E-state index in [-0.39, 0.29) is 17.5 Å². The summed E-state index contributed by atoms with van der Waals surface area (Å²) in [7, 11) is 0. The molecule has 4 unspecified atom stereocenters. The van der Waals surface area contributed by atoms with Crippen LogP contribution in [0.3, 0.4) is 0 Å². The summed E-state index contributed by atoms with van der Waals surface area (Å²) < 4.78 is 19.0. The maximum Gasteiger partial charge on any atom is 0.302 e. The summed E-state index contributed by atoms with van der Waals surface area (Å²) in [4.78, 5) is 11.6. The molecule has 2 heterocycles. The van der Waals surface area contributed by atoms with Crippen LogP contribution in [0.4, 0.5) is 0 Å². The second-order valence-electron chi connectivity index (χ2n) is 13.8. The van der Waals surface area contributed by atoms with Crippen molar-refractivity contribution >= 4 is 17.6 Å². The maximum absolute atomic E-state index is 11.6. The van der Waals surface area contributed by atoms with Gasteiger partial charge in [-0.1, -0.05) is 27.7 Å². The molecular weight excluding hydrogens is 448 g/mol. The van der Waals surface area contributed by atoms with E-state index >= 15 is 0 Å². The molecule has 5 heteroatoms. The molecule has 2 aliphatic heterocycles. The normalized spacial score (nSPS) is 58.5. The standard InChI is InChI=1S/C29H45ClO4/c1-16-12-25(30)29(32-15-16)17(2)26-24(34-29)14-23-21-7-6-19-13-20(33-18(3)31)8-10-27(19,4)22(21)9-11-28(23,26)5/h16-17,19-26H,6-15H2,1-5H3/t16-,17+,19+,20?,21?,22?,23?,24+,25-,26+,27+,28+,29+/m1/s1. The highest BCUT2D eigenvalue weighted by Crippen LogP contribution is 2.71. The predicted octanol–water partition coefficient (Wildman–Crippen LogP) is 6.58. The first-order valence-corrected chi connectivity index (χ1v) is 14.6. The average molecular weight is 493 g/mol. The van der Waals surface area contributed by atoms with Gasteiger partial charge >= 0.3 is 5.97 Å². The van der Waals surface area contributed by atoms with Crippen molar-refractivity contribution in [3.05, 3.63) is 0 Å². The molecule has 0 bridgehead atoms.